The van der Waals surface area contributed by atoms with E-state index in [4.69, 9.17) is 4.52 Å². The molecule has 1 fully saturated rings. The number of nitrogens with zero attached hydrogens (tertiary/aromatic N) is 3. The van der Waals surface area contributed by atoms with Gasteiger partial charge in [0.15, 0.2) is 5.82 Å². The van der Waals surface area contributed by atoms with E-state index in [-0.39, 0.29) is 0 Å². The molecule has 2 aromatic rings. The number of thiophene rings is 1. The number of aromatic nitrogens is 2. The van der Waals surface area contributed by atoms with Crippen LogP contribution in [-0.4, -0.2) is 36.5 Å². The average molecular weight is 355 g/mol. The monoisotopic (exact) mass is 355 g/mol. The van der Waals surface area contributed by atoms with E-state index < -0.39 is 10.0 Å². The first-order chi connectivity index (χ1) is 11.1. The molecule has 126 valence electrons. The van der Waals surface area contributed by atoms with Crippen molar-refractivity contribution in [2.24, 2.45) is 0 Å². The lowest BCUT2D eigenvalue weighted by atomic mass is 9.89. The van der Waals surface area contributed by atoms with E-state index in [9.17, 15) is 8.42 Å². The lowest BCUT2D eigenvalue weighted by Gasteiger charge is -2.17. The first kappa shape index (κ1) is 16.6. The SMILES string of the molecule is CN(CCc1noc(C2CCCCC2)n1)S(=O)(=O)c1cccs1. The maximum atomic E-state index is 12.3. The van der Waals surface area contributed by atoms with Crippen LogP contribution in [0.5, 0.6) is 0 Å². The molecule has 2 heterocycles. The fourth-order valence-corrected chi connectivity index (χ4v) is 5.20. The molecule has 3 rings (SSSR count). The third-order valence-corrected chi connectivity index (χ3v) is 7.48. The molecule has 1 aliphatic rings. The molecule has 2 aromatic heterocycles. The number of likely N-dealkylation sites (N-methyl/N-ethyl adjacent to an activating group) is 1. The Morgan fingerprint density at radius 2 is 2.13 bits per heavy atom. The second-order valence-corrected chi connectivity index (χ2v) is 9.11. The fourth-order valence-electron chi connectivity index (χ4n) is 2.83. The van der Waals surface area contributed by atoms with Crippen molar-refractivity contribution in [1.29, 1.82) is 0 Å². The highest BCUT2D eigenvalue weighted by atomic mass is 32.2. The molecule has 8 heteroatoms. The summed E-state index contributed by atoms with van der Waals surface area (Å²) in [5.74, 6) is 1.67. The maximum Gasteiger partial charge on any atom is 0.252 e. The van der Waals surface area contributed by atoms with Crippen LogP contribution in [0, 0.1) is 0 Å². The van der Waals surface area contributed by atoms with Crippen LogP contribution in [0.25, 0.3) is 0 Å². The summed E-state index contributed by atoms with van der Waals surface area (Å²) in [6, 6.07) is 3.35. The van der Waals surface area contributed by atoms with Gasteiger partial charge in [-0.25, -0.2) is 8.42 Å². The molecule has 1 aliphatic carbocycles. The summed E-state index contributed by atoms with van der Waals surface area (Å²) >= 11 is 1.22. The Labute approximate surface area is 140 Å². The third-order valence-electron chi connectivity index (χ3n) is 4.25. The summed E-state index contributed by atoms with van der Waals surface area (Å²) in [4.78, 5) is 4.45. The molecule has 0 radical (unpaired) electrons. The molecule has 0 saturated heterocycles. The first-order valence-electron chi connectivity index (χ1n) is 7.89. The largest absolute Gasteiger partial charge is 0.339 e. The average Bonchev–Trinajstić information content (AvgIpc) is 3.25. The van der Waals surface area contributed by atoms with Crippen molar-refractivity contribution in [2.45, 2.75) is 48.7 Å². The molecule has 0 amide bonds. The van der Waals surface area contributed by atoms with E-state index in [2.05, 4.69) is 10.1 Å². The Hall–Kier alpha value is -1.25. The molecule has 6 nitrogen and oxygen atoms in total. The summed E-state index contributed by atoms with van der Waals surface area (Å²) in [6.07, 6.45) is 6.37. The summed E-state index contributed by atoms with van der Waals surface area (Å²) in [5, 5.41) is 5.76. The van der Waals surface area contributed by atoms with Crippen molar-refractivity contribution >= 4 is 21.4 Å². The zero-order valence-electron chi connectivity index (χ0n) is 13.1. The standard InChI is InChI=1S/C15H21N3O3S2/c1-18(23(19,20)14-8-5-11-22-14)10-9-13-16-15(21-17-13)12-6-3-2-4-7-12/h5,8,11-12H,2-4,6-7,9-10H2,1H3. The number of hydrogen-bond acceptors (Lipinski definition) is 6. The highest BCUT2D eigenvalue weighted by Crippen LogP contribution is 2.31. The molecule has 0 aromatic carbocycles. The van der Waals surface area contributed by atoms with E-state index in [0.29, 0.717) is 34.8 Å². The van der Waals surface area contributed by atoms with Gasteiger partial charge < -0.3 is 4.52 Å². The van der Waals surface area contributed by atoms with E-state index in [1.165, 1.54) is 34.9 Å². The maximum absolute atomic E-state index is 12.3. The fraction of sp³-hybridized carbons (Fsp3) is 0.600. The Morgan fingerprint density at radius 1 is 1.35 bits per heavy atom. The molecule has 23 heavy (non-hydrogen) atoms. The molecule has 0 unspecified atom stereocenters. The lowest BCUT2D eigenvalue weighted by Crippen LogP contribution is -2.28. The van der Waals surface area contributed by atoms with Crippen LogP contribution in [0.15, 0.2) is 26.2 Å². The smallest absolute Gasteiger partial charge is 0.252 e. The van der Waals surface area contributed by atoms with E-state index in [1.54, 1.807) is 24.6 Å². The molecule has 1 saturated carbocycles. The van der Waals surface area contributed by atoms with Gasteiger partial charge in [-0.05, 0) is 24.3 Å². The van der Waals surface area contributed by atoms with Crippen LogP contribution in [0.3, 0.4) is 0 Å². The molecular weight excluding hydrogens is 334 g/mol. The van der Waals surface area contributed by atoms with E-state index >= 15 is 0 Å². The summed E-state index contributed by atoms with van der Waals surface area (Å²) in [6.45, 7) is 0.337. The highest BCUT2D eigenvalue weighted by molar-refractivity contribution is 7.91. The second kappa shape index (κ2) is 7.11. The van der Waals surface area contributed by atoms with Gasteiger partial charge in [0.1, 0.15) is 4.21 Å². The number of rotatable bonds is 6. The minimum atomic E-state index is -3.41. The van der Waals surface area contributed by atoms with Gasteiger partial charge in [0.2, 0.25) is 5.89 Å². The van der Waals surface area contributed by atoms with Gasteiger partial charge in [-0.1, -0.05) is 30.5 Å². The van der Waals surface area contributed by atoms with Gasteiger partial charge in [0, 0.05) is 25.9 Å². The van der Waals surface area contributed by atoms with Gasteiger partial charge >= 0.3 is 0 Å². The molecule has 0 spiro atoms. The Bertz CT molecular complexity index is 719. The predicted octanol–water partition coefficient (Wildman–Crippen LogP) is 3.04. The van der Waals surface area contributed by atoms with Crippen LogP contribution in [0.4, 0.5) is 0 Å². The quantitative estimate of drug-likeness (QED) is 0.796. The number of sulfonamides is 1. The van der Waals surface area contributed by atoms with Crippen LogP contribution in [0.2, 0.25) is 0 Å². The minimum Gasteiger partial charge on any atom is -0.339 e. The zero-order valence-corrected chi connectivity index (χ0v) is 14.8. The second-order valence-electron chi connectivity index (χ2n) is 5.89. The van der Waals surface area contributed by atoms with Gasteiger partial charge in [-0.2, -0.15) is 9.29 Å². The van der Waals surface area contributed by atoms with Crippen molar-refractivity contribution in [3.63, 3.8) is 0 Å². The van der Waals surface area contributed by atoms with Gasteiger partial charge in [-0.3, -0.25) is 0 Å². The van der Waals surface area contributed by atoms with Crippen molar-refractivity contribution in [3.05, 3.63) is 29.2 Å². The van der Waals surface area contributed by atoms with Crippen molar-refractivity contribution in [1.82, 2.24) is 14.4 Å². The van der Waals surface area contributed by atoms with Crippen LogP contribution in [0.1, 0.15) is 49.7 Å². The molecule has 0 atom stereocenters. The normalized spacial score (nSPS) is 17.0. The Morgan fingerprint density at radius 3 is 2.83 bits per heavy atom. The summed E-state index contributed by atoms with van der Waals surface area (Å²) in [7, 11) is -1.83. The number of hydrogen-bond donors (Lipinski definition) is 0. The predicted molar refractivity (Wildman–Crippen MR) is 88.0 cm³/mol. The van der Waals surface area contributed by atoms with Crippen molar-refractivity contribution in [2.75, 3.05) is 13.6 Å². The molecule has 0 aliphatic heterocycles. The lowest BCUT2D eigenvalue weighted by molar-refractivity contribution is 0.311. The summed E-state index contributed by atoms with van der Waals surface area (Å²) in [5.41, 5.74) is 0. The van der Waals surface area contributed by atoms with Crippen LogP contribution < -0.4 is 0 Å². The molecular formula is C15H21N3O3S2. The van der Waals surface area contributed by atoms with Crippen molar-refractivity contribution < 1.29 is 12.9 Å². The molecule has 0 N–H and O–H groups in total. The van der Waals surface area contributed by atoms with Gasteiger partial charge in [-0.15, -0.1) is 11.3 Å². The Kier molecular flexibility index (Phi) is 5.13. The Balaban J connectivity index is 1.59. The molecule has 0 bridgehead atoms. The first-order valence-corrected chi connectivity index (χ1v) is 10.2. The van der Waals surface area contributed by atoms with Gasteiger partial charge in [0.25, 0.3) is 10.0 Å². The van der Waals surface area contributed by atoms with E-state index in [0.717, 1.165) is 12.8 Å². The summed E-state index contributed by atoms with van der Waals surface area (Å²) < 4.78 is 31.7. The zero-order chi connectivity index (χ0) is 16.3. The van der Waals surface area contributed by atoms with Crippen LogP contribution in [-0.2, 0) is 16.4 Å². The minimum absolute atomic E-state index is 0.337. The van der Waals surface area contributed by atoms with Crippen LogP contribution >= 0.6 is 11.3 Å². The highest BCUT2D eigenvalue weighted by Gasteiger charge is 2.24. The van der Waals surface area contributed by atoms with E-state index in [1.807, 2.05) is 0 Å². The topological polar surface area (TPSA) is 76.3 Å². The van der Waals surface area contributed by atoms with Gasteiger partial charge in [0.05, 0.1) is 0 Å². The third kappa shape index (κ3) is 3.81. The van der Waals surface area contributed by atoms with Crippen molar-refractivity contribution in [3.8, 4) is 0 Å².